The largest absolute Gasteiger partial charge is 0.494 e. The van der Waals surface area contributed by atoms with Crippen molar-refractivity contribution in [3.63, 3.8) is 0 Å². The number of ether oxygens (including phenoxy) is 2. The topological polar surface area (TPSA) is 83.5 Å². The van der Waals surface area contributed by atoms with Gasteiger partial charge in [-0.1, -0.05) is 43.4 Å². The highest BCUT2D eigenvalue weighted by Gasteiger charge is 2.16. The molecular weight excluding hydrogens is 553 g/mol. The van der Waals surface area contributed by atoms with Crippen molar-refractivity contribution < 1.29 is 13.9 Å². The van der Waals surface area contributed by atoms with E-state index < -0.39 is 5.82 Å². The third-order valence-electron chi connectivity index (χ3n) is 6.48. The second kappa shape index (κ2) is 12.0. The van der Waals surface area contributed by atoms with Gasteiger partial charge in [0, 0.05) is 22.9 Å². The summed E-state index contributed by atoms with van der Waals surface area (Å²) in [5.74, 6) is 0.963. The summed E-state index contributed by atoms with van der Waals surface area (Å²) >= 11 is 1.24. The van der Waals surface area contributed by atoms with Crippen LogP contribution in [0.15, 0.2) is 83.8 Å². The van der Waals surface area contributed by atoms with Crippen LogP contribution in [-0.4, -0.2) is 37.6 Å². The molecule has 3 heterocycles. The summed E-state index contributed by atoms with van der Waals surface area (Å²) in [6.07, 6.45) is 5.29. The van der Waals surface area contributed by atoms with Gasteiger partial charge in [0.05, 0.1) is 23.4 Å². The lowest BCUT2D eigenvalue weighted by Crippen LogP contribution is -2.23. The number of fused-ring (bicyclic) bond motifs is 1. The molecule has 0 aliphatic carbocycles. The zero-order valence-electron chi connectivity index (χ0n) is 23.2. The molecule has 0 saturated carbocycles. The quantitative estimate of drug-likeness (QED) is 0.199. The molecule has 0 fully saturated rings. The lowest BCUT2D eigenvalue weighted by Gasteiger charge is -2.07. The molecule has 212 valence electrons. The molecule has 42 heavy (non-hydrogen) atoms. The van der Waals surface area contributed by atoms with Crippen LogP contribution in [0.5, 0.6) is 11.5 Å². The molecule has 6 rings (SSSR count). The molecule has 10 heteroatoms. The Morgan fingerprint density at radius 1 is 0.905 bits per heavy atom. The summed E-state index contributed by atoms with van der Waals surface area (Å²) in [5.41, 5.74) is 3.10. The smallest absolute Gasteiger partial charge is 0.291 e. The third kappa shape index (κ3) is 5.53. The fraction of sp³-hybridized carbons (Fsp3) is 0.188. The Bertz CT molecular complexity index is 1950. The van der Waals surface area contributed by atoms with E-state index in [0.29, 0.717) is 45.4 Å². The van der Waals surface area contributed by atoms with Crippen molar-refractivity contribution in [2.45, 2.75) is 26.7 Å². The maximum absolute atomic E-state index is 14.9. The molecular formula is C32H28FN5O3S. The standard InChI is InChI=1S/C32H28FN5O3S/c1-3-16-40-25-13-10-21(11-14-25)30-34-32-38(36-30)31(39)28(42-32)19-23-20-37(24-8-6-5-7-9-24)35-29(23)22-12-15-27(26(33)18-22)41-17-4-2/h5-15,18-20H,3-4,16-17H2,1-2H3. The number of benzene rings is 3. The summed E-state index contributed by atoms with van der Waals surface area (Å²) in [5, 5.41) is 9.24. The van der Waals surface area contributed by atoms with Crippen molar-refractivity contribution in [3.8, 4) is 39.8 Å². The van der Waals surface area contributed by atoms with Gasteiger partial charge in [-0.2, -0.15) is 14.6 Å². The summed E-state index contributed by atoms with van der Waals surface area (Å²) in [7, 11) is 0. The zero-order chi connectivity index (χ0) is 29.1. The summed E-state index contributed by atoms with van der Waals surface area (Å²) in [6, 6.07) is 21.9. The van der Waals surface area contributed by atoms with Crippen LogP contribution in [0, 0.1) is 5.82 Å². The summed E-state index contributed by atoms with van der Waals surface area (Å²) in [6.45, 7) is 5.10. The van der Waals surface area contributed by atoms with E-state index in [0.717, 1.165) is 29.8 Å². The number of hydrogen-bond donors (Lipinski definition) is 0. The van der Waals surface area contributed by atoms with E-state index in [-0.39, 0.29) is 11.3 Å². The van der Waals surface area contributed by atoms with Crippen LogP contribution in [0.4, 0.5) is 4.39 Å². The third-order valence-corrected chi connectivity index (χ3v) is 7.44. The summed E-state index contributed by atoms with van der Waals surface area (Å²) in [4.78, 5) is 18.5. The lowest BCUT2D eigenvalue weighted by molar-refractivity contribution is 0.301. The molecule has 6 aromatic rings. The van der Waals surface area contributed by atoms with Gasteiger partial charge in [0.1, 0.15) is 11.4 Å². The Morgan fingerprint density at radius 3 is 2.36 bits per heavy atom. The van der Waals surface area contributed by atoms with E-state index >= 15 is 0 Å². The second-order valence-corrected chi connectivity index (χ2v) is 10.6. The van der Waals surface area contributed by atoms with E-state index in [1.54, 1.807) is 22.9 Å². The van der Waals surface area contributed by atoms with E-state index in [2.05, 4.69) is 17.0 Å². The van der Waals surface area contributed by atoms with Crippen LogP contribution in [0.25, 0.3) is 39.4 Å². The lowest BCUT2D eigenvalue weighted by atomic mass is 10.1. The van der Waals surface area contributed by atoms with Crippen LogP contribution < -0.4 is 19.6 Å². The summed E-state index contributed by atoms with van der Waals surface area (Å²) < 4.78 is 29.5. The van der Waals surface area contributed by atoms with E-state index in [9.17, 15) is 9.18 Å². The van der Waals surface area contributed by atoms with Crippen molar-refractivity contribution >= 4 is 22.4 Å². The SMILES string of the molecule is CCCOc1ccc(-c2nc3sc(=Cc4cn(-c5ccccc5)nc4-c4ccc(OCCC)c(F)c4)c(=O)n3n2)cc1. The van der Waals surface area contributed by atoms with Crippen molar-refractivity contribution in [2.24, 2.45) is 0 Å². The molecule has 3 aromatic heterocycles. The molecule has 3 aromatic carbocycles. The Kier molecular flexibility index (Phi) is 7.78. The highest BCUT2D eigenvalue weighted by Crippen LogP contribution is 2.29. The van der Waals surface area contributed by atoms with Gasteiger partial charge in [0.2, 0.25) is 4.96 Å². The van der Waals surface area contributed by atoms with Crippen molar-refractivity contribution in [3.05, 3.63) is 105 Å². The first-order chi connectivity index (χ1) is 20.5. The maximum Gasteiger partial charge on any atom is 0.291 e. The molecule has 0 spiro atoms. The molecule has 0 bridgehead atoms. The molecule has 8 nitrogen and oxygen atoms in total. The average Bonchev–Trinajstić information content (AvgIpc) is 3.71. The highest BCUT2D eigenvalue weighted by atomic mass is 32.1. The fourth-order valence-corrected chi connectivity index (χ4v) is 5.32. The highest BCUT2D eigenvalue weighted by molar-refractivity contribution is 7.15. The minimum atomic E-state index is -0.470. The van der Waals surface area contributed by atoms with Gasteiger partial charge in [-0.25, -0.2) is 9.07 Å². The normalized spacial score (nSPS) is 11.8. The minimum absolute atomic E-state index is 0.194. The van der Waals surface area contributed by atoms with Crippen molar-refractivity contribution in [1.29, 1.82) is 0 Å². The fourth-order valence-electron chi connectivity index (χ4n) is 4.42. The molecule has 0 atom stereocenters. The van der Waals surface area contributed by atoms with Crippen LogP contribution in [0.1, 0.15) is 32.3 Å². The number of halogens is 1. The molecule has 0 saturated heterocycles. The van der Waals surface area contributed by atoms with Gasteiger partial charge in [-0.3, -0.25) is 4.79 Å². The molecule has 0 aliphatic heterocycles. The first-order valence-electron chi connectivity index (χ1n) is 13.8. The molecule has 0 radical (unpaired) electrons. The second-order valence-electron chi connectivity index (χ2n) is 9.63. The van der Waals surface area contributed by atoms with Crippen molar-refractivity contribution in [2.75, 3.05) is 13.2 Å². The monoisotopic (exact) mass is 581 g/mol. The Morgan fingerprint density at radius 2 is 1.64 bits per heavy atom. The predicted molar refractivity (Wildman–Crippen MR) is 162 cm³/mol. The number of hydrogen-bond acceptors (Lipinski definition) is 7. The van der Waals surface area contributed by atoms with Gasteiger partial charge < -0.3 is 9.47 Å². The first kappa shape index (κ1) is 27.3. The number of thiazole rings is 1. The first-order valence-corrected chi connectivity index (χ1v) is 14.6. The Labute approximate surface area is 245 Å². The Balaban J connectivity index is 1.39. The number of rotatable bonds is 10. The predicted octanol–water partition coefficient (Wildman–Crippen LogP) is 5.94. The van der Waals surface area contributed by atoms with Crippen LogP contribution in [0.3, 0.4) is 0 Å². The van der Waals surface area contributed by atoms with Gasteiger partial charge in [0.25, 0.3) is 5.56 Å². The molecule has 0 amide bonds. The van der Waals surface area contributed by atoms with Gasteiger partial charge in [-0.15, -0.1) is 5.10 Å². The minimum Gasteiger partial charge on any atom is -0.494 e. The zero-order valence-corrected chi connectivity index (χ0v) is 24.0. The van der Waals surface area contributed by atoms with Crippen LogP contribution in [-0.2, 0) is 0 Å². The molecule has 0 N–H and O–H groups in total. The van der Waals surface area contributed by atoms with E-state index in [4.69, 9.17) is 14.6 Å². The average molecular weight is 582 g/mol. The van der Waals surface area contributed by atoms with Gasteiger partial charge in [-0.05, 0) is 73.5 Å². The molecule has 0 aliphatic rings. The van der Waals surface area contributed by atoms with E-state index in [1.807, 2.05) is 67.7 Å². The van der Waals surface area contributed by atoms with E-state index in [1.165, 1.54) is 21.9 Å². The van der Waals surface area contributed by atoms with Crippen LogP contribution in [0.2, 0.25) is 0 Å². The van der Waals surface area contributed by atoms with Crippen molar-refractivity contribution in [1.82, 2.24) is 24.4 Å². The van der Waals surface area contributed by atoms with Crippen LogP contribution >= 0.6 is 11.3 Å². The Hall–Kier alpha value is -4.83. The number of aromatic nitrogens is 5. The number of para-hydroxylation sites is 1. The van der Waals surface area contributed by atoms with Gasteiger partial charge >= 0.3 is 0 Å². The number of nitrogens with zero attached hydrogens (tertiary/aromatic N) is 5. The van der Waals surface area contributed by atoms with Gasteiger partial charge in [0.15, 0.2) is 17.4 Å². The maximum atomic E-state index is 14.9. The molecule has 0 unspecified atom stereocenters.